The van der Waals surface area contributed by atoms with Crippen LogP contribution in [0.4, 0.5) is 0 Å². The first-order valence-electron chi connectivity index (χ1n) is 8.13. The van der Waals surface area contributed by atoms with Gasteiger partial charge in [0.1, 0.15) is 0 Å². The van der Waals surface area contributed by atoms with Crippen LogP contribution >= 0.6 is 0 Å². The summed E-state index contributed by atoms with van der Waals surface area (Å²) >= 11 is 0. The van der Waals surface area contributed by atoms with E-state index in [1.807, 2.05) is 0 Å². The van der Waals surface area contributed by atoms with E-state index in [1.54, 1.807) is 0 Å². The molecule has 0 aromatic heterocycles. The second-order valence-corrected chi connectivity index (χ2v) is 7.09. The van der Waals surface area contributed by atoms with E-state index < -0.39 is 0 Å². The lowest BCUT2D eigenvalue weighted by molar-refractivity contribution is 0.412. The highest BCUT2D eigenvalue weighted by Gasteiger charge is 2.34. The summed E-state index contributed by atoms with van der Waals surface area (Å²) in [6, 6.07) is 0. The van der Waals surface area contributed by atoms with Crippen molar-refractivity contribution < 1.29 is 0 Å². The van der Waals surface area contributed by atoms with E-state index in [0.29, 0.717) is 0 Å². The molecule has 2 saturated carbocycles. The lowest BCUT2D eigenvalue weighted by Gasteiger charge is -2.16. The van der Waals surface area contributed by atoms with Gasteiger partial charge in [-0.25, -0.2) is 0 Å². The van der Waals surface area contributed by atoms with E-state index >= 15 is 0 Å². The summed E-state index contributed by atoms with van der Waals surface area (Å²) in [5, 5.41) is 0. The van der Waals surface area contributed by atoms with Gasteiger partial charge in [0.2, 0.25) is 0 Å². The second-order valence-electron chi connectivity index (χ2n) is 7.09. The zero-order valence-electron chi connectivity index (χ0n) is 12.0. The molecule has 0 saturated heterocycles. The van der Waals surface area contributed by atoms with Crippen molar-refractivity contribution in [1.29, 1.82) is 0 Å². The fourth-order valence-corrected chi connectivity index (χ4v) is 4.65. The molecule has 4 bridgehead atoms. The predicted octanol–water partition coefficient (Wildman–Crippen LogP) is 5.22. The molecule has 0 amide bonds. The number of hydrogen-bond donors (Lipinski definition) is 0. The summed E-state index contributed by atoms with van der Waals surface area (Å²) in [4.78, 5) is 0. The maximum atomic E-state index is 2.45. The highest BCUT2D eigenvalue weighted by atomic mass is 14.4. The number of allylic oxidation sites excluding steroid dienone is 4. The van der Waals surface area contributed by atoms with Gasteiger partial charge in [0.25, 0.3) is 0 Å². The van der Waals surface area contributed by atoms with Gasteiger partial charge in [-0.15, -0.1) is 0 Å². The number of rotatable bonds is 2. The van der Waals surface area contributed by atoms with Crippen LogP contribution in [0.5, 0.6) is 0 Å². The van der Waals surface area contributed by atoms with Crippen molar-refractivity contribution in [2.24, 2.45) is 35.5 Å². The zero-order chi connectivity index (χ0) is 12.5. The average Bonchev–Trinajstić information content (AvgIpc) is 3.09. The summed E-state index contributed by atoms with van der Waals surface area (Å²) in [6.07, 6.45) is 18.4. The molecule has 0 aromatic carbocycles. The van der Waals surface area contributed by atoms with Gasteiger partial charge in [-0.3, -0.25) is 0 Å². The third kappa shape index (κ3) is 2.44. The fraction of sp³-hybridized carbons (Fsp3) is 0.778. The van der Waals surface area contributed by atoms with Crippen LogP contribution in [0.3, 0.4) is 0 Å². The van der Waals surface area contributed by atoms with Crippen LogP contribution in [-0.2, 0) is 0 Å². The van der Waals surface area contributed by atoms with Gasteiger partial charge in [-0.05, 0) is 61.2 Å². The summed E-state index contributed by atoms with van der Waals surface area (Å²) < 4.78 is 0. The Morgan fingerprint density at radius 1 is 0.833 bits per heavy atom. The fourth-order valence-electron chi connectivity index (χ4n) is 4.65. The summed E-state index contributed by atoms with van der Waals surface area (Å²) in [5.41, 5.74) is 0. The second kappa shape index (κ2) is 5.23. The lowest BCUT2D eigenvalue weighted by Crippen LogP contribution is -2.05. The van der Waals surface area contributed by atoms with Crippen molar-refractivity contribution in [2.75, 3.05) is 0 Å². The van der Waals surface area contributed by atoms with Crippen molar-refractivity contribution in [1.82, 2.24) is 0 Å². The monoisotopic (exact) mass is 244 g/mol. The van der Waals surface area contributed by atoms with Gasteiger partial charge in [-0.1, -0.05) is 51.0 Å². The number of fused-ring (bicyclic) bond motifs is 4. The Morgan fingerprint density at radius 2 is 1.50 bits per heavy atom. The molecule has 0 spiro atoms. The van der Waals surface area contributed by atoms with Crippen molar-refractivity contribution in [3.05, 3.63) is 24.3 Å². The van der Waals surface area contributed by atoms with E-state index in [1.165, 1.54) is 38.5 Å². The van der Waals surface area contributed by atoms with Gasteiger partial charge >= 0.3 is 0 Å². The van der Waals surface area contributed by atoms with Crippen LogP contribution < -0.4 is 0 Å². The molecule has 100 valence electrons. The van der Waals surface area contributed by atoms with Crippen LogP contribution in [0.1, 0.15) is 52.4 Å². The molecule has 0 N–H and O–H groups in total. The standard InChI is InChI=1S/C10H16.C8H12/c1-2-3-9-6-8-4-5-10(9)7-8;1-6-4-7-2-3-8(6)5-7/h4-5,8-10H,2-3,6-7H2,1H3;2-3,6-8H,4-5H2,1H3. The molecule has 0 aliphatic heterocycles. The van der Waals surface area contributed by atoms with Crippen LogP contribution in [0.25, 0.3) is 0 Å². The molecule has 0 heteroatoms. The Balaban J connectivity index is 0.000000114. The van der Waals surface area contributed by atoms with E-state index in [2.05, 4.69) is 38.2 Å². The van der Waals surface area contributed by atoms with Crippen molar-refractivity contribution in [2.45, 2.75) is 52.4 Å². The van der Waals surface area contributed by atoms with Gasteiger partial charge < -0.3 is 0 Å². The van der Waals surface area contributed by atoms with E-state index in [-0.39, 0.29) is 0 Å². The Kier molecular flexibility index (Phi) is 3.63. The largest absolute Gasteiger partial charge is 0.0851 e. The Bertz CT molecular complexity index is 338. The predicted molar refractivity (Wildman–Crippen MR) is 78.3 cm³/mol. The van der Waals surface area contributed by atoms with E-state index in [0.717, 1.165) is 35.5 Å². The SMILES string of the molecule is CC1CC2C=CC1C2.CCCC1CC2C=CC1C2. The van der Waals surface area contributed by atoms with Gasteiger partial charge in [-0.2, -0.15) is 0 Å². The third-order valence-electron chi connectivity index (χ3n) is 5.69. The molecule has 6 atom stereocenters. The first-order chi connectivity index (χ1) is 8.76. The van der Waals surface area contributed by atoms with Crippen molar-refractivity contribution in [3.8, 4) is 0 Å². The summed E-state index contributed by atoms with van der Waals surface area (Å²) in [7, 11) is 0. The first kappa shape index (κ1) is 12.5. The first-order valence-corrected chi connectivity index (χ1v) is 8.13. The quantitative estimate of drug-likeness (QED) is 0.584. The molecule has 2 fully saturated rings. The van der Waals surface area contributed by atoms with Gasteiger partial charge in [0.05, 0.1) is 0 Å². The third-order valence-corrected chi connectivity index (χ3v) is 5.69. The highest BCUT2D eigenvalue weighted by molar-refractivity contribution is 5.10. The molecule has 0 nitrogen and oxygen atoms in total. The maximum Gasteiger partial charge on any atom is -0.0199 e. The Hall–Kier alpha value is -0.520. The minimum Gasteiger partial charge on any atom is -0.0851 e. The smallest absolute Gasteiger partial charge is 0.0199 e. The summed E-state index contributed by atoms with van der Waals surface area (Å²) in [6.45, 7) is 4.67. The van der Waals surface area contributed by atoms with Gasteiger partial charge in [0.15, 0.2) is 0 Å². The van der Waals surface area contributed by atoms with E-state index in [4.69, 9.17) is 0 Å². The summed E-state index contributed by atoms with van der Waals surface area (Å²) in [5.74, 6) is 5.92. The molecule has 0 heterocycles. The zero-order valence-corrected chi connectivity index (χ0v) is 12.0. The average molecular weight is 244 g/mol. The van der Waals surface area contributed by atoms with Crippen LogP contribution in [0.2, 0.25) is 0 Å². The molecular weight excluding hydrogens is 216 g/mol. The molecule has 0 aromatic rings. The molecule has 4 rings (SSSR count). The van der Waals surface area contributed by atoms with E-state index in [9.17, 15) is 0 Å². The molecule has 6 unspecified atom stereocenters. The highest BCUT2D eigenvalue weighted by Crippen LogP contribution is 2.45. The topological polar surface area (TPSA) is 0 Å². The molecular formula is C18H28. The van der Waals surface area contributed by atoms with Crippen LogP contribution in [0.15, 0.2) is 24.3 Å². The molecule has 18 heavy (non-hydrogen) atoms. The lowest BCUT2D eigenvalue weighted by atomic mass is 9.90. The van der Waals surface area contributed by atoms with Crippen LogP contribution in [0, 0.1) is 35.5 Å². The minimum absolute atomic E-state index is 0.958. The molecule has 4 aliphatic carbocycles. The molecule has 0 radical (unpaired) electrons. The van der Waals surface area contributed by atoms with Crippen LogP contribution in [-0.4, -0.2) is 0 Å². The molecule has 4 aliphatic rings. The Labute approximate surface area is 113 Å². The van der Waals surface area contributed by atoms with Gasteiger partial charge in [0, 0.05) is 0 Å². The minimum atomic E-state index is 0.958. The number of hydrogen-bond acceptors (Lipinski definition) is 0. The normalized spacial score (nSPS) is 46.6. The van der Waals surface area contributed by atoms with Crippen molar-refractivity contribution >= 4 is 0 Å². The van der Waals surface area contributed by atoms with Crippen molar-refractivity contribution in [3.63, 3.8) is 0 Å². The Morgan fingerprint density at radius 3 is 1.83 bits per heavy atom. The maximum absolute atomic E-state index is 2.45.